The topological polar surface area (TPSA) is 66.4 Å². The van der Waals surface area contributed by atoms with E-state index in [1.165, 1.54) is 0 Å². The molecule has 35 heavy (non-hydrogen) atoms. The molecule has 1 heterocycles. The molecular formula is C29H50O6. The minimum absolute atomic E-state index is 0.311. The largest absolute Gasteiger partial charge is 0.379 e. The van der Waals surface area contributed by atoms with Crippen molar-refractivity contribution < 1.29 is 28.8 Å². The maximum Gasteiger partial charge on any atom is 0.199 e. The van der Waals surface area contributed by atoms with Crippen LogP contribution in [0.15, 0.2) is 30.3 Å². The van der Waals surface area contributed by atoms with Crippen LogP contribution in [-0.2, 0) is 30.1 Å². The highest BCUT2D eigenvalue weighted by Crippen LogP contribution is 2.36. The fourth-order valence-corrected chi connectivity index (χ4v) is 4.33. The highest BCUT2D eigenvalue weighted by molar-refractivity contribution is 5.18. The Balaban J connectivity index is 2.36. The molecule has 1 aromatic rings. The van der Waals surface area contributed by atoms with Gasteiger partial charge in [-0.1, -0.05) is 83.7 Å². The molecule has 2 rings (SSSR count). The van der Waals surface area contributed by atoms with Crippen molar-refractivity contribution in [2.24, 2.45) is 0 Å². The van der Waals surface area contributed by atoms with E-state index < -0.39 is 24.1 Å². The van der Waals surface area contributed by atoms with E-state index in [0.717, 1.165) is 56.9 Å². The molecule has 1 aromatic carbocycles. The SMILES string of the molecule is CCCCOC[C@H]1O[C@@](O)(Cc2ccccc2)[C@H](OCCCC)[C@@H](OCCCC)[C@@H]1OCCCC. The van der Waals surface area contributed by atoms with E-state index in [0.29, 0.717) is 39.5 Å². The van der Waals surface area contributed by atoms with Crippen molar-refractivity contribution in [3.8, 4) is 0 Å². The zero-order valence-electron chi connectivity index (χ0n) is 22.6. The second kappa shape index (κ2) is 17.4. The summed E-state index contributed by atoms with van der Waals surface area (Å²) >= 11 is 0. The fraction of sp³-hybridized carbons (Fsp3) is 0.793. The van der Waals surface area contributed by atoms with Gasteiger partial charge in [0.15, 0.2) is 5.79 Å². The molecule has 0 unspecified atom stereocenters. The second-order valence-corrected chi connectivity index (χ2v) is 9.61. The average molecular weight is 495 g/mol. The number of hydrogen-bond acceptors (Lipinski definition) is 6. The van der Waals surface area contributed by atoms with Crippen LogP contribution in [0.3, 0.4) is 0 Å². The van der Waals surface area contributed by atoms with Crippen LogP contribution in [0.25, 0.3) is 0 Å². The quantitative estimate of drug-likeness (QED) is 0.249. The van der Waals surface area contributed by atoms with Crippen LogP contribution >= 0.6 is 0 Å². The summed E-state index contributed by atoms with van der Waals surface area (Å²) in [6, 6.07) is 9.95. The van der Waals surface area contributed by atoms with Gasteiger partial charge in [-0.05, 0) is 31.2 Å². The van der Waals surface area contributed by atoms with Crippen molar-refractivity contribution in [2.45, 2.75) is 116 Å². The van der Waals surface area contributed by atoms with Gasteiger partial charge in [-0.2, -0.15) is 0 Å². The number of ether oxygens (including phenoxy) is 5. The molecule has 6 nitrogen and oxygen atoms in total. The van der Waals surface area contributed by atoms with Gasteiger partial charge in [-0.25, -0.2) is 0 Å². The summed E-state index contributed by atoms with van der Waals surface area (Å²) in [6.45, 7) is 11.3. The molecule has 1 aliphatic heterocycles. The Bertz CT molecular complexity index is 641. The van der Waals surface area contributed by atoms with Crippen LogP contribution in [-0.4, -0.2) is 68.3 Å². The molecule has 0 spiro atoms. The molecule has 202 valence electrons. The van der Waals surface area contributed by atoms with Crippen LogP contribution in [0.1, 0.15) is 84.6 Å². The van der Waals surface area contributed by atoms with Crippen LogP contribution in [0, 0.1) is 0 Å². The van der Waals surface area contributed by atoms with Crippen LogP contribution in [0.5, 0.6) is 0 Å². The summed E-state index contributed by atoms with van der Waals surface area (Å²) in [5.74, 6) is -1.55. The molecule has 1 N–H and O–H groups in total. The van der Waals surface area contributed by atoms with Crippen LogP contribution < -0.4 is 0 Å². The van der Waals surface area contributed by atoms with Gasteiger partial charge in [0.1, 0.15) is 24.4 Å². The van der Waals surface area contributed by atoms with E-state index in [2.05, 4.69) is 27.7 Å². The van der Waals surface area contributed by atoms with E-state index in [4.69, 9.17) is 23.7 Å². The Labute approximate surface area is 213 Å². The standard InChI is InChI=1S/C29H50O6/c1-5-9-18-31-23-25-26(32-19-10-6-2)27(33-20-11-7-3)28(34-21-12-8-4)29(30,35-25)22-24-16-14-13-15-17-24/h13-17,25-28,30H,5-12,18-23H2,1-4H3/t25-,26-,27+,28-,29+/m1/s1. The van der Waals surface area contributed by atoms with Crippen molar-refractivity contribution in [2.75, 3.05) is 33.0 Å². The molecule has 0 aliphatic carbocycles. The third-order valence-electron chi connectivity index (χ3n) is 6.42. The first-order valence-corrected chi connectivity index (χ1v) is 14.0. The molecule has 1 aliphatic rings. The van der Waals surface area contributed by atoms with E-state index in [1.807, 2.05) is 30.3 Å². The van der Waals surface area contributed by atoms with Crippen molar-refractivity contribution in [1.29, 1.82) is 0 Å². The lowest BCUT2D eigenvalue weighted by molar-refractivity contribution is -0.366. The third kappa shape index (κ3) is 10.1. The van der Waals surface area contributed by atoms with Gasteiger partial charge in [-0.15, -0.1) is 0 Å². The van der Waals surface area contributed by atoms with Gasteiger partial charge in [0.2, 0.25) is 0 Å². The average Bonchev–Trinajstić information content (AvgIpc) is 2.85. The van der Waals surface area contributed by atoms with Gasteiger partial charge in [-0.3, -0.25) is 0 Å². The van der Waals surface area contributed by atoms with Gasteiger partial charge in [0, 0.05) is 32.8 Å². The van der Waals surface area contributed by atoms with E-state index in [-0.39, 0.29) is 6.10 Å². The predicted molar refractivity (Wildman–Crippen MR) is 140 cm³/mol. The second-order valence-electron chi connectivity index (χ2n) is 9.61. The van der Waals surface area contributed by atoms with Crippen LogP contribution in [0.2, 0.25) is 0 Å². The van der Waals surface area contributed by atoms with E-state index >= 15 is 0 Å². The van der Waals surface area contributed by atoms with Crippen molar-refractivity contribution in [1.82, 2.24) is 0 Å². The minimum Gasteiger partial charge on any atom is -0.379 e. The number of hydrogen-bond donors (Lipinski definition) is 1. The highest BCUT2D eigenvalue weighted by atomic mass is 16.7. The summed E-state index contributed by atoms with van der Waals surface area (Å²) in [7, 11) is 0. The highest BCUT2D eigenvalue weighted by Gasteiger charge is 2.56. The Kier molecular flexibility index (Phi) is 15.0. The minimum atomic E-state index is -1.55. The molecule has 5 atom stereocenters. The molecule has 0 bridgehead atoms. The summed E-state index contributed by atoms with van der Waals surface area (Å²) < 4.78 is 31.7. The van der Waals surface area contributed by atoms with E-state index in [1.54, 1.807) is 0 Å². The molecule has 1 fully saturated rings. The normalized spacial score (nSPS) is 26.8. The molecule has 1 saturated heterocycles. The van der Waals surface area contributed by atoms with Crippen molar-refractivity contribution in [3.63, 3.8) is 0 Å². The summed E-state index contributed by atoms with van der Waals surface area (Å²) in [5, 5.41) is 12.0. The van der Waals surface area contributed by atoms with Crippen molar-refractivity contribution >= 4 is 0 Å². The number of unbranched alkanes of at least 4 members (excludes halogenated alkanes) is 4. The van der Waals surface area contributed by atoms with Crippen LogP contribution in [0.4, 0.5) is 0 Å². The van der Waals surface area contributed by atoms with Gasteiger partial charge >= 0.3 is 0 Å². The predicted octanol–water partition coefficient (Wildman–Crippen LogP) is 5.69. The lowest BCUT2D eigenvalue weighted by Crippen LogP contribution is -2.68. The molecule has 0 aromatic heterocycles. The Morgan fingerprint density at radius 1 is 0.743 bits per heavy atom. The lowest BCUT2D eigenvalue weighted by Gasteiger charge is -2.50. The first-order chi connectivity index (χ1) is 17.1. The molecule has 0 saturated carbocycles. The van der Waals surface area contributed by atoms with Gasteiger partial charge in [0.05, 0.1) is 6.61 Å². The molecule has 0 amide bonds. The summed E-state index contributed by atoms with van der Waals surface area (Å²) in [6.07, 6.45) is 6.32. The number of rotatable bonds is 19. The maximum absolute atomic E-state index is 12.0. The third-order valence-corrected chi connectivity index (χ3v) is 6.42. The first kappa shape index (κ1) is 30.2. The summed E-state index contributed by atoms with van der Waals surface area (Å²) in [4.78, 5) is 0. The Morgan fingerprint density at radius 3 is 1.89 bits per heavy atom. The molecular weight excluding hydrogens is 444 g/mol. The smallest absolute Gasteiger partial charge is 0.199 e. The Hall–Kier alpha value is -1.02. The van der Waals surface area contributed by atoms with E-state index in [9.17, 15) is 5.11 Å². The van der Waals surface area contributed by atoms with Gasteiger partial charge in [0.25, 0.3) is 0 Å². The lowest BCUT2D eigenvalue weighted by atomic mass is 9.88. The van der Waals surface area contributed by atoms with Gasteiger partial charge < -0.3 is 28.8 Å². The number of benzene rings is 1. The monoisotopic (exact) mass is 494 g/mol. The molecule has 6 heteroatoms. The zero-order valence-corrected chi connectivity index (χ0v) is 22.6. The molecule has 0 radical (unpaired) electrons. The maximum atomic E-state index is 12.0. The van der Waals surface area contributed by atoms with Crippen molar-refractivity contribution in [3.05, 3.63) is 35.9 Å². The summed E-state index contributed by atoms with van der Waals surface area (Å²) in [5.41, 5.74) is 0.988. The number of aliphatic hydroxyl groups is 1. The fourth-order valence-electron chi connectivity index (χ4n) is 4.33. The zero-order chi connectivity index (χ0) is 25.4. The first-order valence-electron chi connectivity index (χ1n) is 14.0. The Morgan fingerprint density at radius 2 is 1.29 bits per heavy atom.